The van der Waals surface area contributed by atoms with Crippen LogP contribution in [0.4, 0.5) is 0 Å². The maximum absolute atomic E-state index is 9.67. The fourth-order valence-electron chi connectivity index (χ4n) is 3.69. The van der Waals surface area contributed by atoms with Gasteiger partial charge in [-0.1, -0.05) is 47.7 Å². The molecule has 3 aromatic rings. The lowest BCUT2D eigenvalue weighted by molar-refractivity contribution is 0.202. The SMILES string of the molecule is Oc1cccc(C2CCN(Cc3cn(Cc4ccccc4)nn3)CC2)c1. The van der Waals surface area contributed by atoms with Crippen LogP contribution in [0.5, 0.6) is 5.75 Å². The number of hydrogen-bond acceptors (Lipinski definition) is 4. The molecule has 0 bridgehead atoms. The maximum Gasteiger partial charge on any atom is 0.115 e. The van der Waals surface area contributed by atoms with Crippen LogP contribution in [0, 0.1) is 0 Å². The molecule has 1 aromatic heterocycles. The van der Waals surface area contributed by atoms with Crippen molar-refractivity contribution >= 4 is 0 Å². The van der Waals surface area contributed by atoms with E-state index >= 15 is 0 Å². The first-order chi connectivity index (χ1) is 12.8. The summed E-state index contributed by atoms with van der Waals surface area (Å²) in [7, 11) is 0. The summed E-state index contributed by atoms with van der Waals surface area (Å²) in [5.74, 6) is 0.895. The van der Waals surface area contributed by atoms with Crippen LogP contribution in [-0.2, 0) is 13.1 Å². The summed E-state index contributed by atoms with van der Waals surface area (Å²) < 4.78 is 1.91. The Labute approximate surface area is 153 Å². The zero-order valence-corrected chi connectivity index (χ0v) is 14.8. The highest BCUT2D eigenvalue weighted by Gasteiger charge is 2.21. The van der Waals surface area contributed by atoms with Crippen molar-refractivity contribution in [3.8, 4) is 5.75 Å². The second-order valence-corrected chi connectivity index (χ2v) is 7.04. The van der Waals surface area contributed by atoms with Gasteiger partial charge in [0, 0.05) is 6.54 Å². The first-order valence-electron chi connectivity index (χ1n) is 9.20. The summed E-state index contributed by atoms with van der Waals surface area (Å²) in [5, 5.41) is 18.3. The number of likely N-dealkylation sites (tertiary alicyclic amines) is 1. The lowest BCUT2D eigenvalue weighted by Crippen LogP contribution is -2.32. The number of benzene rings is 2. The van der Waals surface area contributed by atoms with Gasteiger partial charge in [-0.2, -0.15) is 0 Å². The number of piperidine rings is 1. The van der Waals surface area contributed by atoms with E-state index in [4.69, 9.17) is 0 Å². The van der Waals surface area contributed by atoms with E-state index in [1.165, 1.54) is 11.1 Å². The van der Waals surface area contributed by atoms with Crippen molar-refractivity contribution in [2.24, 2.45) is 0 Å². The molecule has 2 heterocycles. The average molecular weight is 348 g/mol. The molecule has 0 radical (unpaired) electrons. The summed E-state index contributed by atoms with van der Waals surface area (Å²) in [4.78, 5) is 2.44. The van der Waals surface area contributed by atoms with Gasteiger partial charge in [0.05, 0.1) is 18.4 Å². The van der Waals surface area contributed by atoms with Crippen molar-refractivity contribution in [2.45, 2.75) is 31.8 Å². The van der Waals surface area contributed by atoms with Gasteiger partial charge in [0.2, 0.25) is 0 Å². The molecular weight excluding hydrogens is 324 g/mol. The number of phenolic OH excluding ortho intramolecular Hbond substituents is 1. The van der Waals surface area contributed by atoms with Crippen LogP contribution < -0.4 is 0 Å². The smallest absolute Gasteiger partial charge is 0.115 e. The molecule has 0 amide bonds. The first-order valence-corrected chi connectivity index (χ1v) is 9.20. The predicted octanol–water partition coefficient (Wildman–Crippen LogP) is 3.41. The van der Waals surface area contributed by atoms with Crippen LogP contribution >= 0.6 is 0 Å². The Morgan fingerprint density at radius 3 is 2.54 bits per heavy atom. The van der Waals surface area contributed by atoms with Gasteiger partial charge in [0.25, 0.3) is 0 Å². The van der Waals surface area contributed by atoms with Crippen molar-refractivity contribution < 1.29 is 5.11 Å². The van der Waals surface area contributed by atoms with Crippen molar-refractivity contribution in [3.05, 3.63) is 77.6 Å². The quantitative estimate of drug-likeness (QED) is 0.768. The maximum atomic E-state index is 9.67. The molecule has 1 aliphatic rings. The topological polar surface area (TPSA) is 54.2 Å². The number of hydrogen-bond donors (Lipinski definition) is 1. The van der Waals surface area contributed by atoms with Crippen LogP contribution in [0.2, 0.25) is 0 Å². The standard InChI is InChI=1S/C21H24N4O/c26-21-8-4-7-19(13-21)18-9-11-24(12-10-18)15-20-16-25(23-22-20)14-17-5-2-1-3-6-17/h1-8,13,16,18,26H,9-12,14-15H2. The third-order valence-electron chi connectivity index (χ3n) is 5.09. The first kappa shape index (κ1) is 16.8. The molecule has 0 saturated carbocycles. The van der Waals surface area contributed by atoms with Gasteiger partial charge >= 0.3 is 0 Å². The minimum Gasteiger partial charge on any atom is -0.508 e. The molecule has 0 aliphatic carbocycles. The van der Waals surface area contributed by atoms with Gasteiger partial charge in [-0.15, -0.1) is 5.10 Å². The molecule has 5 nitrogen and oxygen atoms in total. The number of aromatic nitrogens is 3. The van der Waals surface area contributed by atoms with E-state index in [0.717, 1.165) is 44.7 Å². The van der Waals surface area contributed by atoms with Crippen LogP contribution in [0.15, 0.2) is 60.8 Å². The molecule has 0 spiro atoms. The van der Waals surface area contributed by atoms with Gasteiger partial charge in [-0.3, -0.25) is 4.90 Å². The molecule has 26 heavy (non-hydrogen) atoms. The summed E-state index contributed by atoms with van der Waals surface area (Å²) >= 11 is 0. The normalized spacial score (nSPS) is 16.0. The Hall–Kier alpha value is -2.66. The third kappa shape index (κ3) is 4.11. The monoisotopic (exact) mass is 348 g/mol. The van der Waals surface area contributed by atoms with Crippen molar-refractivity contribution in [1.82, 2.24) is 19.9 Å². The van der Waals surface area contributed by atoms with E-state index in [9.17, 15) is 5.11 Å². The fraction of sp³-hybridized carbons (Fsp3) is 0.333. The van der Waals surface area contributed by atoms with E-state index < -0.39 is 0 Å². The van der Waals surface area contributed by atoms with E-state index in [1.807, 2.05) is 41.2 Å². The molecule has 4 rings (SSSR count). The lowest BCUT2D eigenvalue weighted by atomic mass is 9.89. The van der Waals surface area contributed by atoms with Crippen LogP contribution in [0.25, 0.3) is 0 Å². The zero-order valence-electron chi connectivity index (χ0n) is 14.8. The van der Waals surface area contributed by atoms with E-state index in [-0.39, 0.29) is 0 Å². The van der Waals surface area contributed by atoms with E-state index in [1.54, 1.807) is 6.07 Å². The van der Waals surface area contributed by atoms with Gasteiger partial charge in [-0.05, 0) is 55.1 Å². The lowest BCUT2D eigenvalue weighted by Gasteiger charge is -2.31. The fourth-order valence-corrected chi connectivity index (χ4v) is 3.69. The van der Waals surface area contributed by atoms with Gasteiger partial charge in [0.1, 0.15) is 5.75 Å². The van der Waals surface area contributed by atoms with Gasteiger partial charge in [-0.25, -0.2) is 4.68 Å². The Morgan fingerprint density at radius 2 is 1.77 bits per heavy atom. The Morgan fingerprint density at radius 1 is 0.962 bits per heavy atom. The number of nitrogens with zero attached hydrogens (tertiary/aromatic N) is 4. The van der Waals surface area contributed by atoms with Crippen LogP contribution in [-0.4, -0.2) is 38.1 Å². The van der Waals surface area contributed by atoms with E-state index in [2.05, 4.69) is 33.4 Å². The van der Waals surface area contributed by atoms with Crippen LogP contribution in [0.3, 0.4) is 0 Å². The van der Waals surface area contributed by atoms with Gasteiger partial charge in [0.15, 0.2) is 0 Å². The third-order valence-corrected chi connectivity index (χ3v) is 5.09. The minimum absolute atomic E-state index is 0.361. The Bertz CT molecular complexity index is 838. The molecule has 1 fully saturated rings. The molecule has 5 heteroatoms. The predicted molar refractivity (Wildman–Crippen MR) is 101 cm³/mol. The molecule has 0 atom stereocenters. The molecule has 134 valence electrons. The molecule has 1 aliphatic heterocycles. The van der Waals surface area contributed by atoms with Gasteiger partial charge < -0.3 is 5.11 Å². The summed E-state index contributed by atoms with van der Waals surface area (Å²) in [5.41, 5.74) is 3.51. The highest BCUT2D eigenvalue weighted by Crippen LogP contribution is 2.30. The summed E-state index contributed by atoms with van der Waals surface area (Å²) in [6, 6.07) is 18.0. The highest BCUT2D eigenvalue weighted by molar-refractivity contribution is 5.30. The van der Waals surface area contributed by atoms with Crippen molar-refractivity contribution in [1.29, 1.82) is 0 Å². The van der Waals surface area contributed by atoms with Crippen LogP contribution in [0.1, 0.15) is 35.6 Å². The molecular formula is C21H24N4O. The van der Waals surface area contributed by atoms with Crippen molar-refractivity contribution in [3.63, 3.8) is 0 Å². The Balaban J connectivity index is 1.31. The number of phenols is 1. The molecule has 1 saturated heterocycles. The number of aromatic hydroxyl groups is 1. The summed E-state index contributed by atoms with van der Waals surface area (Å²) in [6.07, 6.45) is 4.28. The molecule has 1 N–H and O–H groups in total. The average Bonchev–Trinajstić information content (AvgIpc) is 3.10. The second-order valence-electron chi connectivity index (χ2n) is 7.04. The summed E-state index contributed by atoms with van der Waals surface area (Å²) in [6.45, 7) is 3.70. The molecule has 2 aromatic carbocycles. The van der Waals surface area contributed by atoms with E-state index in [0.29, 0.717) is 11.7 Å². The Kier molecular flexibility index (Phi) is 4.97. The largest absolute Gasteiger partial charge is 0.508 e. The minimum atomic E-state index is 0.361. The second kappa shape index (κ2) is 7.70. The van der Waals surface area contributed by atoms with Crippen molar-refractivity contribution in [2.75, 3.05) is 13.1 Å². The zero-order chi connectivity index (χ0) is 17.8. The highest BCUT2D eigenvalue weighted by atomic mass is 16.3. The number of rotatable bonds is 5. The molecule has 0 unspecified atom stereocenters.